The third-order valence-electron chi connectivity index (χ3n) is 2.71. The van der Waals surface area contributed by atoms with Crippen LogP contribution in [0.1, 0.15) is 11.3 Å². The summed E-state index contributed by atoms with van der Waals surface area (Å²) in [4.78, 5) is 10.1. The van der Waals surface area contributed by atoms with Crippen molar-refractivity contribution in [3.05, 3.63) is 45.6 Å². The van der Waals surface area contributed by atoms with E-state index >= 15 is 0 Å². The maximum absolute atomic E-state index is 10.5. The van der Waals surface area contributed by atoms with Gasteiger partial charge in [0.25, 0.3) is 5.69 Å². The minimum absolute atomic E-state index is 0.00378. The van der Waals surface area contributed by atoms with Gasteiger partial charge >= 0.3 is 0 Å². The van der Waals surface area contributed by atoms with Crippen LogP contribution in [0.4, 0.5) is 5.69 Å². The summed E-state index contributed by atoms with van der Waals surface area (Å²) < 4.78 is 7.12. The minimum atomic E-state index is -0.475. The van der Waals surface area contributed by atoms with Crippen LogP contribution in [0.5, 0.6) is 11.6 Å². The van der Waals surface area contributed by atoms with Gasteiger partial charge in [-0.25, -0.2) is 4.68 Å². The van der Waals surface area contributed by atoms with Crippen LogP contribution >= 0.6 is 0 Å². The Balaban J connectivity index is 2.28. The Labute approximate surface area is 109 Å². The molecule has 1 aromatic heterocycles. The molecule has 0 spiro atoms. The van der Waals surface area contributed by atoms with Gasteiger partial charge in [0.2, 0.25) is 5.88 Å². The van der Waals surface area contributed by atoms with Gasteiger partial charge in [0, 0.05) is 19.2 Å². The Kier molecular flexibility index (Phi) is 3.48. The van der Waals surface area contributed by atoms with Gasteiger partial charge in [-0.2, -0.15) is 5.10 Å². The van der Waals surface area contributed by atoms with Crippen molar-refractivity contribution in [3.63, 3.8) is 0 Å². The number of nitro groups is 1. The monoisotopic (exact) mass is 263 g/mol. The topological polar surface area (TPSA) is 90.4 Å². The zero-order valence-electron chi connectivity index (χ0n) is 10.5. The number of aromatic nitrogens is 2. The van der Waals surface area contributed by atoms with E-state index in [1.165, 1.54) is 28.9 Å². The van der Waals surface area contributed by atoms with Gasteiger partial charge in [0.1, 0.15) is 5.75 Å². The average Bonchev–Trinajstić information content (AvgIpc) is 2.64. The van der Waals surface area contributed by atoms with E-state index in [0.29, 0.717) is 22.9 Å². The first-order valence-corrected chi connectivity index (χ1v) is 5.58. The molecule has 0 aliphatic rings. The third-order valence-corrected chi connectivity index (χ3v) is 2.71. The first-order chi connectivity index (χ1) is 9.02. The fourth-order valence-electron chi connectivity index (χ4n) is 1.74. The Hall–Kier alpha value is -2.41. The second-order valence-electron chi connectivity index (χ2n) is 4.00. The maximum Gasteiger partial charge on any atom is 0.269 e. The highest BCUT2D eigenvalue weighted by Gasteiger charge is 2.15. The lowest BCUT2D eigenvalue weighted by Crippen LogP contribution is -1.97. The Bertz CT molecular complexity index is 604. The van der Waals surface area contributed by atoms with Crippen molar-refractivity contribution in [2.75, 3.05) is 0 Å². The van der Waals surface area contributed by atoms with Crippen LogP contribution in [0.3, 0.4) is 0 Å². The fraction of sp³-hybridized carbons (Fsp3) is 0.250. The summed E-state index contributed by atoms with van der Waals surface area (Å²) in [6, 6.07) is 5.72. The molecule has 0 saturated carbocycles. The van der Waals surface area contributed by atoms with Crippen LogP contribution in [0, 0.1) is 17.0 Å². The lowest BCUT2D eigenvalue weighted by atomic mass is 10.2. The van der Waals surface area contributed by atoms with Gasteiger partial charge in [-0.15, -0.1) is 0 Å². The van der Waals surface area contributed by atoms with E-state index in [0.717, 1.165) is 0 Å². The van der Waals surface area contributed by atoms with Crippen LogP contribution in [-0.2, 0) is 13.7 Å². The average molecular weight is 263 g/mol. The Morgan fingerprint density at radius 1 is 1.42 bits per heavy atom. The van der Waals surface area contributed by atoms with Crippen molar-refractivity contribution in [1.82, 2.24) is 9.78 Å². The number of hydrogen-bond donors (Lipinski definition) is 1. The molecule has 0 bridgehead atoms. The number of aryl methyl sites for hydroxylation is 2. The molecule has 0 fully saturated rings. The number of rotatable bonds is 4. The van der Waals surface area contributed by atoms with Crippen molar-refractivity contribution < 1.29 is 14.8 Å². The van der Waals surface area contributed by atoms with E-state index < -0.39 is 4.92 Å². The minimum Gasteiger partial charge on any atom is -0.439 e. The number of nitrogens with zero attached hydrogens (tertiary/aromatic N) is 3. The highest BCUT2D eigenvalue weighted by Crippen LogP contribution is 2.28. The van der Waals surface area contributed by atoms with Gasteiger partial charge in [-0.1, -0.05) is 0 Å². The second-order valence-corrected chi connectivity index (χ2v) is 4.00. The molecule has 0 unspecified atom stereocenters. The normalized spacial score (nSPS) is 10.5. The van der Waals surface area contributed by atoms with Crippen LogP contribution in [0.25, 0.3) is 0 Å². The molecule has 0 aliphatic heterocycles. The van der Waals surface area contributed by atoms with E-state index in [9.17, 15) is 15.2 Å². The molecule has 2 rings (SSSR count). The smallest absolute Gasteiger partial charge is 0.269 e. The highest BCUT2D eigenvalue weighted by molar-refractivity contribution is 5.39. The van der Waals surface area contributed by atoms with Gasteiger partial charge in [0.05, 0.1) is 22.8 Å². The number of aliphatic hydroxyl groups is 1. The molecular weight excluding hydrogens is 250 g/mol. The molecule has 0 saturated heterocycles. The van der Waals surface area contributed by atoms with Crippen molar-refractivity contribution in [1.29, 1.82) is 0 Å². The van der Waals surface area contributed by atoms with Gasteiger partial charge < -0.3 is 9.84 Å². The van der Waals surface area contributed by atoms with Gasteiger partial charge in [-0.3, -0.25) is 10.1 Å². The number of benzene rings is 1. The van der Waals surface area contributed by atoms with E-state index in [1.54, 1.807) is 14.0 Å². The number of ether oxygens (including phenoxy) is 1. The van der Waals surface area contributed by atoms with Crippen LogP contribution < -0.4 is 4.74 Å². The summed E-state index contributed by atoms with van der Waals surface area (Å²) in [7, 11) is 1.70. The number of nitro benzene ring substituents is 1. The molecule has 1 heterocycles. The maximum atomic E-state index is 10.5. The standard InChI is InChI=1S/C12H13N3O4/c1-8-11(7-16)12(14(2)13-8)19-10-5-3-9(4-6-10)15(17)18/h3-6,16H,7H2,1-2H3. The van der Waals surface area contributed by atoms with E-state index in [4.69, 9.17) is 4.74 Å². The molecule has 19 heavy (non-hydrogen) atoms. The van der Waals surface area contributed by atoms with Crippen molar-refractivity contribution in [3.8, 4) is 11.6 Å². The van der Waals surface area contributed by atoms with E-state index in [1.807, 2.05) is 0 Å². The molecule has 2 aromatic rings. The van der Waals surface area contributed by atoms with Crippen molar-refractivity contribution >= 4 is 5.69 Å². The number of non-ortho nitro benzene ring substituents is 1. The quantitative estimate of drug-likeness (QED) is 0.672. The lowest BCUT2D eigenvalue weighted by Gasteiger charge is -2.07. The Morgan fingerprint density at radius 2 is 2.05 bits per heavy atom. The largest absolute Gasteiger partial charge is 0.439 e. The first-order valence-electron chi connectivity index (χ1n) is 5.58. The zero-order chi connectivity index (χ0) is 14.0. The summed E-state index contributed by atoms with van der Waals surface area (Å²) in [6.45, 7) is 1.59. The Morgan fingerprint density at radius 3 is 2.58 bits per heavy atom. The summed E-state index contributed by atoms with van der Waals surface area (Å²) in [5.41, 5.74) is 1.28. The molecule has 7 nitrogen and oxygen atoms in total. The van der Waals surface area contributed by atoms with Crippen molar-refractivity contribution in [2.45, 2.75) is 13.5 Å². The molecule has 0 atom stereocenters. The molecule has 7 heteroatoms. The van der Waals surface area contributed by atoms with Crippen LogP contribution in [0.15, 0.2) is 24.3 Å². The van der Waals surface area contributed by atoms with Crippen LogP contribution in [-0.4, -0.2) is 19.8 Å². The lowest BCUT2D eigenvalue weighted by molar-refractivity contribution is -0.384. The van der Waals surface area contributed by atoms with Crippen molar-refractivity contribution in [2.24, 2.45) is 7.05 Å². The third kappa shape index (κ3) is 2.55. The number of hydrogen-bond acceptors (Lipinski definition) is 5. The second kappa shape index (κ2) is 5.07. The molecular formula is C12H13N3O4. The summed E-state index contributed by atoms with van der Waals surface area (Å²) in [5.74, 6) is 0.872. The fourth-order valence-corrected chi connectivity index (χ4v) is 1.74. The first kappa shape index (κ1) is 13.0. The van der Waals surface area contributed by atoms with Gasteiger partial charge in [0.15, 0.2) is 0 Å². The number of aliphatic hydroxyl groups excluding tert-OH is 1. The summed E-state index contributed by atoms with van der Waals surface area (Å²) in [6.07, 6.45) is 0. The van der Waals surface area contributed by atoms with E-state index in [2.05, 4.69) is 5.10 Å². The van der Waals surface area contributed by atoms with Crippen LogP contribution in [0.2, 0.25) is 0 Å². The SMILES string of the molecule is Cc1nn(C)c(Oc2ccc([N+](=O)[O-])cc2)c1CO. The van der Waals surface area contributed by atoms with Gasteiger partial charge in [-0.05, 0) is 19.1 Å². The zero-order valence-corrected chi connectivity index (χ0v) is 10.5. The molecule has 100 valence electrons. The molecule has 0 amide bonds. The summed E-state index contributed by atoms with van der Waals surface area (Å²) in [5, 5.41) is 24.0. The predicted octanol–water partition coefficient (Wildman–Crippen LogP) is 1.92. The molecule has 1 N–H and O–H groups in total. The molecule has 0 aliphatic carbocycles. The highest BCUT2D eigenvalue weighted by atomic mass is 16.6. The predicted molar refractivity (Wildman–Crippen MR) is 67.0 cm³/mol. The molecule has 1 aromatic carbocycles. The van der Waals surface area contributed by atoms with E-state index in [-0.39, 0.29) is 12.3 Å². The molecule has 0 radical (unpaired) electrons. The summed E-state index contributed by atoms with van der Waals surface area (Å²) >= 11 is 0.